The fourth-order valence-corrected chi connectivity index (χ4v) is 3.75. The highest BCUT2D eigenvalue weighted by atomic mass is 16.5. The molecule has 0 unspecified atom stereocenters. The lowest BCUT2D eigenvalue weighted by Crippen LogP contribution is -2.47. The van der Waals surface area contributed by atoms with E-state index >= 15 is 0 Å². The summed E-state index contributed by atoms with van der Waals surface area (Å²) < 4.78 is 11.1. The number of carbonyl (C=O) groups is 1. The van der Waals surface area contributed by atoms with E-state index in [1.54, 1.807) is 7.11 Å². The van der Waals surface area contributed by atoms with Gasteiger partial charge in [0.2, 0.25) is 0 Å². The van der Waals surface area contributed by atoms with Crippen LogP contribution in [0.3, 0.4) is 0 Å². The summed E-state index contributed by atoms with van der Waals surface area (Å²) in [4.78, 5) is 17.2. The number of hydrogen-bond donors (Lipinski definition) is 1. The van der Waals surface area contributed by atoms with Gasteiger partial charge in [-0.05, 0) is 55.8 Å². The standard InChI is InChI=1S/C25H35N3O3/c1-3-4-20-31-22-12-10-21(11-13-22)25(29)26-14-7-15-27-16-18-28(19-17-27)23-8-5-6-9-24(23)30-2/h5-6,8-13H,3-4,7,14-20H2,1-2H3,(H,26,29). The maximum absolute atomic E-state index is 12.3. The zero-order valence-corrected chi connectivity index (χ0v) is 18.8. The molecular weight excluding hydrogens is 390 g/mol. The molecule has 1 heterocycles. The van der Waals surface area contributed by atoms with Crippen LogP contribution in [-0.2, 0) is 0 Å². The van der Waals surface area contributed by atoms with Crippen molar-refractivity contribution in [2.24, 2.45) is 0 Å². The van der Waals surface area contributed by atoms with Gasteiger partial charge in [-0.2, -0.15) is 0 Å². The zero-order chi connectivity index (χ0) is 21.9. The van der Waals surface area contributed by atoms with Gasteiger partial charge in [-0.1, -0.05) is 25.5 Å². The van der Waals surface area contributed by atoms with Crippen LogP contribution in [0.25, 0.3) is 0 Å². The van der Waals surface area contributed by atoms with Crippen LogP contribution in [0.15, 0.2) is 48.5 Å². The number of nitrogens with one attached hydrogen (secondary N) is 1. The third-order valence-electron chi connectivity index (χ3n) is 5.62. The molecule has 2 aromatic rings. The molecule has 0 saturated carbocycles. The SMILES string of the molecule is CCCCOc1ccc(C(=O)NCCCN2CCN(c3ccccc3OC)CC2)cc1. The van der Waals surface area contributed by atoms with Gasteiger partial charge in [0.05, 0.1) is 19.4 Å². The van der Waals surface area contributed by atoms with Gasteiger partial charge in [0.15, 0.2) is 0 Å². The second-order valence-corrected chi connectivity index (χ2v) is 7.84. The summed E-state index contributed by atoms with van der Waals surface area (Å²) >= 11 is 0. The van der Waals surface area contributed by atoms with Gasteiger partial charge in [0.25, 0.3) is 5.91 Å². The van der Waals surface area contributed by atoms with Crippen LogP contribution >= 0.6 is 0 Å². The molecule has 0 radical (unpaired) electrons. The van der Waals surface area contributed by atoms with E-state index in [0.29, 0.717) is 12.1 Å². The number of methoxy groups -OCH3 is 1. The number of piperazine rings is 1. The van der Waals surface area contributed by atoms with Crippen molar-refractivity contribution in [3.05, 3.63) is 54.1 Å². The molecule has 0 atom stereocenters. The van der Waals surface area contributed by atoms with Gasteiger partial charge in [-0.3, -0.25) is 9.69 Å². The second-order valence-electron chi connectivity index (χ2n) is 7.84. The van der Waals surface area contributed by atoms with Crippen LogP contribution in [0.4, 0.5) is 5.69 Å². The molecule has 0 bridgehead atoms. The van der Waals surface area contributed by atoms with Crippen LogP contribution in [0, 0.1) is 0 Å². The van der Waals surface area contributed by atoms with Crippen LogP contribution in [0.1, 0.15) is 36.5 Å². The molecule has 0 aromatic heterocycles. The highest BCUT2D eigenvalue weighted by molar-refractivity contribution is 5.94. The Balaban J connectivity index is 1.33. The number of amides is 1. The highest BCUT2D eigenvalue weighted by Gasteiger charge is 2.19. The van der Waals surface area contributed by atoms with Gasteiger partial charge in [-0.15, -0.1) is 0 Å². The van der Waals surface area contributed by atoms with Crippen molar-refractivity contribution in [1.82, 2.24) is 10.2 Å². The van der Waals surface area contributed by atoms with Crippen molar-refractivity contribution >= 4 is 11.6 Å². The quantitative estimate of drug-likeness (QED) is 0.555. The molecule has 1 aliphatic rings. The number of para-hydroxylation sites is 2. The van der Waals surface area contributed by atoms with Crippen molar-refractivity contribution in [1.29, 1.82) is 0 Å². The Morgan fingerprint density at radius 2 is 1.74 bits per heavy atom. The second kappa shape index (κ2) is 12.2. The van der Waals surface area contributed by atoms with E-state index in [2.05, 4.69) is 34.2 Å². The lowest BCUT2D eigenvalue weighted by Gasteiger charge is -2.36. The molecule has 31 heavy (non-hydrogen) atoms. The van der Waals surface area contributed by atoms with Gasteiger partial charge >= 0.3 is 0 Å². The largest absolute Gasteiger partial charge is 0.495 e. The van der Waals surface area contributed by atoms with Crippen LogP contribution < -0.4 is 19.7 Å². The van der Waals surface area contributed by atoms with Crippen molar-refractivity contribution < 1.29 is 14.3 Å². The minimum atomic E-state index is -0.0268. The summed E-state index contributed by atoms with van der Waals surface area (Å²) in [5.41, 5.74) is 1.84. The molecule has 1 saturated heterocycles. The molecule has 0 spiro atoms. The molecule has 1 fully saturated rings. The average Bonchev–Trinajstić information content (AvgIpc) is 2.82. The predicted octanol–water partition coefficient (Wildman–Crippen LogP) is 3.82. The minimum absolute atomic E-state index is 0.0268. The topological polar surface area (TPSA) is 54.0 Å². The number of ether oxygens (including phenoxy) is 2. The van der Waals surface area contributed by atoms with Crippen LogP contribution in [0.5, 0.6) is 11.5 Å². The summed E-state index contributed by atoms with van der Waals surface area (Å²) in [7, 11) is 1.72. The number of carbonyl (C=O) groups excluding carboxylic acids is 1. The Morgan fingerprint density at radius 3 is 2.45 bits per heavy atom. The summed E-state index contributed by atoms with van der Waals surface area (Å²) in [6.07, 6.45) is 3.09. The number of hydrogen-bond acceptors (Lipinski definition) is 5. The Hall–Kier alpha value is -2.73. The summed E-state index contributed by atoms with van der Waals surface area (Å²) in [5, 5.41) is 3.03. The maximum Gasteiger partial charge on any atom is 0.251 e. The average molecular weight is 426 g/mol. The smallest absolute Gasteiger partial charge is 0.251 e. The number of anilines is 1. The lowest BCUT2D eigenvalue weighted by molar-refractivity contribution is 0.0951. The molecule has 0 aliphatic carbocycles. The van der Waals surface area contributed by atoms with Gasteiger partial charge in [-0.25, -0.2) is 0 Å². The van der Waals surface area contributed by atoms with Gasteiger partial charge in [0, 0.05) is 38.3 Å². The minimum Gasteiger partial charge on any atom is -0.495 e. The number of unbranched alkanes of at least 4 members (excludes halogenated alkanes) is 1. The summed E-state index contributed by atoms with van der Waals surface area (Å²) in [6, 6.07) is 15.6. The Kier molecular flexibility index (Phi) is 9.03. The number of rotatable bonds is 11. The van der Waals surface area contributed by atoms with Crippen molar-refractivity contribution in [2.75, 3.05) is 57.9 Å². The third kappa shape index (κ3) is 6.89. The van der Waals surface area contributed by atoms with E-state index < -0.39 is 0 Å². The number of benzene rings is 2. The lowest BCUT2D eigenvalue weighted by atomic mass is 10.2. The summed E-state index contributed by atoms with van der Waals surface area (Å²) in [6.45, 7) is 8.54. The fourth-order valence-electron chi connectivity index (χ4n) is 3.75. The van der Waals surface area contributed by atoms with Crippen molar-refractivity contribution in [3.63, 3.8) is 0 Å². The fraction of sp³-hybridized carbons (Fsp3) is 0.480. The van der Waals surface area contributed by atoms with E-state index in [1.165, 1.54) is 5.69 Å². The van der Waals surface area contributed by atoms with E-state index in [9.17, 15) is 4.79 Å². The van der Waals surface area contributed by atoms with Gasteiger partial charge < -0.3 is 19.7 Å². The van der Waals surface area contributed by atoms with E-state index in [-0.39, 0.29) is 5.91 Å². The Labute approximate surface area is 186 Å². The predicted molar refractivity (Wildman–Crippen MR) is 125 cm³/mol. The zero-order valence-electron chi connectivity index (χ0n) is 18.8. The van der Waals surface area contributed by atoms with Crippen LogP contribution in [-0.4, -0.2) is 63.8 Å². The first kappa shape index (κ1) is 22.9. The summed E-state index contributed by atoms with van der Waals surface area (Å²) in [5.74, 6) is 1.72. The monoisotopic (exact) mass is 425 g/mol. The molecule has 3 rings (SSSR count). The molecule has 1 N–H and O–H groups in total. The Morgan fingerprint density at radius 1 is 1.00 bits per heavy atom. The Bertz CT molecular complexity index is 802. The first-order chi connectivity index (χ1) is 15.2. The van der Waals surface area contributed by atoms with E-state index in [0.717, 1.165) is 70.1 Å². The van der Waals surface area contributed by atoms with Crippen molar-refractivity contribution in [3.8, 4) is 11.5 Å². The number of nitrogens with zero attached hydrogens (tertiary/aromatic N) is 2. The van der Waals surface area contributed by atoms with E-state index in [4.69, 9.17) is 9.47 Å². The molecule has 1 amide bonds. The van der Waals surface area contributed by atoms with Crippen LogP contribution in [0.2, 0.25) is 0 Å². The molecule has 168 valence electrons. The first-order valence-corrected chi connectivity index (χ1v) is 11.3. The normalized spacial score (nSPS) is 14.3. The molecular formula is C25H35N3O3. The molecule has 2 aromatic carbocycles. The van der Waals surface area contributed by atoms with Crippen molar-refractivity contribution in [2.45, 2.75) is 26.2 Å². The highest BCUT2D eigenvalue weighted by Crippen LogP contribution is 2.28. The first-order valence-electron chi connectivity index (χ1n) is 11.3. The van der Waals surface area contributed by atoms with E-state index in [1.807, 2.05) is 36.4 Å². The third-order valence-corrected chi connectivity index (χ3v) is 5.62. The molecule has 1 aliphatic heterocycles. The molecule has 6 heteroatoms. The van der Waals surface area contributed by atoms with Gasteiger partial charge in [0.1, 0.15) is 11.5 Å². The molecule has 6 nitrogen and oxygen atoms in total. The maximum atomic E-state index is 12.3.